The number of hydrogen-bond donors (Lipinski definition) is 2. The fourth-order valence-corrected chi connectivity index (χ4v) is 2.73. The van der Waals surface area contributed by atoms with Crippen LogP contribution in [0, 0.1) is 0 Å². The first-order valence-corrected chi connectivity index (χ1v) is 6.92. The van der Waals surface area contributed by atoms with Gasteiger partial charge in [0.1, 0.15) is 5.76 Å². The van der Waals surface area contributed by atoms with Crippen molar-refractivity contribution in [2.75, 3.05) is 0 Å². The van der Waals surface area contributed by atoms with Crippen molar-refractivity contribution in [3.63, 3.8) is 0 Å². The molecule has 1 unspecified atom stereocenters. The first kappa shape index (κ1) is 12.9. The fraction of sp³-hybridized carbons (Fsp3) is 0.312. The predicted octanol–water partition coefficient (Wildman–Crippen LogP) is 2.55. The number of nitrogens with one attached hydrogen (secondary N) is 1. The Labute approximate surface area is 118 Å². The monoisotopic (exact) mass is 270 g/mol. The van der Waals surface area contributed by atoms with Gasteiger partial charge in [-0.25, -0.2) is 0 Å². The molecule has 0 saturated heterocycles. The summed E-state index contributed by atoms with van der Waals surface area (Å²) in [6.07, 6.45) is 5.09. The third-order valence-electron chi connectivity index (χ3n) is 3.84. The molecule has 0 saturated carbocycles. The number of amides is 1. The van der Waals surface area contributed by atoms with Crippen molar-refractivity contribution in [2.24, 2.45) is 5.73 Å². The second kappa shape index (κ2) is 5.51. The molecule has 0 radical (unpaired) electrons. The van der Waals surface area contributed by atoms with Crippen LogP contribution in [0.1, 0.15) is 46.1 Å². The van der Waals surface area contributed by atoms with Gasteiger partial charge >= 0.3 is 0 Å². The summed E-state index contributed by atoms with van der Waals surface area (Å²) in [7, 11) is 0. The zero-order valence-corrected chi connectivity index (χ0v) is 11.3. The molecule has 2 aromatic rings. The van der Waals surface area contributed by atoms with Gasteiger partial charge in [0, 0.05) is 30.1 Å². The van der Waals surface area contributed by atoms with Gasteiger partial charge in [-0.05, 0) is 36.6 Å². The second-order valence-electron chi connectivity index (χ2n) is 5.19. The molecule has 1 amide bonds. The molecule has 3 N–H and O–H groups in total. The van der Waals surface area contributed by atoms with E-state index in [2.05, 4.69) is 11.4 Å². The average Bonchev–Trinajstić information content (AvgIpc) is 2.94. The fourth-order valence-electron chi connectivity index (χ4n) is 2.73. The average molecular weight is 270 g/mol. The Kier molecular flexibility index (Phi) is 3.56. The topological polar surface area (TPSA) is 68.3 Å². The minimum atomic E-state index is -0.389. The minimum absolute atomic E-state index is 0.355. The summed E-state index contributed by atoms with van der Waals surface area (Å²) in [5.74, 6) is 0.720. The van der Waals surface area contributed by atoms with Gasteiger partial charge in [0.25, 0.3) is 0 Å². The van der Waals surface area contributed by atoms with Gasteiger partial charge in [-0.3, -0.25) is 4.79 Å². The molecule has 0 spiro atoms. The summed E-state index contributed by atoms with van der Waals surface area (Å²) in [5.41, 5.74) is 8.20. The van der Waals surface area contributed by atoms with Crippen molar-refractivity contribution in [1.29, 1.82) is 0 Å². The molecule has 104 valence electrons. The molecule has 1 aliphatic carbocycles. The molecule has 4 heteroatoms. The van der Waals surface area contributed by atoms with E-state index in [-0.39, 0.29) is 5.91 Å². The molecule has 0 bridgehead atoms. The van der Waals surface area contributed by atoms with Crippen LogP contribution >= 0.6 is 0 Å². The number of nitrogens with two attached hydrogens (primary N) is 1. The Bertz CT molecular complexity index is 601. The van der Waals surface area contributed by atoms with E-state index in [0.29, 0.717) is 11.6 Å². The van der Waals surface area contributed by atoms with Crippen molar-refractivity contribution in [1.82, 2.24) is 5.32 Å². The standard InChI is InChI=1S/C16H18N2O2/c17-16(19)12-6-4-11(5-7-12)10-18-14-2-1-3-15-13(14)8-9-20-15/h4-9,14,18H,1-3,10H2,(H2,17,19). The lowest BCUT2D eigenvalue weighted by atomic mass is 9.93. The lowest BCUT2D eigenvalue weighted by Crippen LogP contribution is -2.24. The lowest BCUT2D eigenvalue weighted by Gasteiger charge is -2.22. The number of primary amides is 1. The van der Waals surface area contributed by atoms with Gasteiger partial charge < -0.3 is 15.5 Å². The van der Waals surface area contributed by atoms with Gasteiger partial charge in [0.2, 0.25) is 5.91 Å². The van der Waals surface area contributed by atoms with Crippen LogP contribution in [0.3, 0.4) is 0 Å². The Morgan fingerprint density at radius 1 is 1.30 bits per heavy atom. The van der Waals surface area contributed by atoms with Crippen LogP contribution in [0.4, 0.5) is 0 Å². The summed E-state index contributed by atoms with van der Waals surface area (Å²) in [6.45, 7) is 0.772. The quantitative estimate of drug-likeness (QED) is 0.897. The van der Waals surface area contributed by atoms with E-state index >= 15 is 0 Å². The molecule has 1 aromatic carbocycles. The number of furan rings is 1. The van der Waals surface area contributed by atoms with Crippen LogP contribution in [0.25, 0.3) is 0 Å². The largest absolute Gasteiger partial charge is 0.469 e. The molecule has 1 aliphatic rings. The van der Waals surface area contributed by atoms with E-state index in [1.165, 1.54) is 5.56 Å². The highest BCUT2D eigenvalue weighted by Gasteiger charge is 2.21. The van der Waals surface area contributed by atoms with E-state index in [9.17, 15) is 4.79 Å². The zero-order valence-electron chi connectivity index (χ0n) is 11.3. The third-order valence-corrected chi connectivity index (χ3v) is 3.84. The molecular formula is C16H18N2O2. The normalized spacial score (nSPS) is 17.7. The molecule has 0 fully saturated rings. The van der Waals surface area contributed by atoms with E-state index < -0.39 is 0 Å². The molecule has 1 atom stereocenters. The number of rotatable bonds is 4. The van der Waals surface area contributed by atoms with Crippen LogP contribution in [-0.4, -0.2) is 5.91 Å². The Balaban J connectivity index is 1.64. The number of carbonyl (C=O) groups excluding carboxylic acids is 1. The van der Waals surface area contributed by atoms with Gasteiger partial charge in [-0.2, -0.15) is 0 Å². The Morgan fingerprint density at radius 3 is 2.85 bits per heavy atom. The van der Waals surface area contributed by atoms with Crippen molar-refractivity contribution >= 4 is 5.91 Å². The van der Waals surface area contributed by atoms with E-state index in [0.717, 1.165) is 37.1 Å². The summed E-state index contributed by atoms with van der Waals surface area (Å²) in [5, 5.41) is 3.55. The summed E-state index contributed by atoms with van der Waals surface area (Å²) in [6, 6.07) is 9.82. The highest BCUT2D eigenvalue weighted by atomic mass is 16.3. The highest BCUT2D eigenvalue weighted by Crippen LogP contribution is 2.30. The maximum Gasteiger partial charge on any atom is 0.248 e. The maximum atomic E-state index is 11.0. The molecular weight excluding hydrogens is 252 g/mol. The van der Waals surface area contributed by atoms with Crippen LogP contribution in [0.15, 0.2) is 41.0 Å². The van der Waals surface area contributed by atoms with E-state index in [4.69, 9.17) is 10.2 Å². The first-order chi connectivity index (χ1) is 9.74. The van der Waals surface area contributed by atoms with E-state index in [1.54, 1.807) is 18.4 Å². The van der Waals surface area contributed by atoms with Crippen LogP contribution in [-0.2, 0) is 13.0 Å². The SMILES string of the molecule is NC(=O)c1ccc(CNC2CCCc3occc32)cc1. The molecule has 3 rings (SSSR count). The lowest BCUT2D eigenvalue weighted by molar-refractivity contribution is 0.100. The highest BCUT2D eigenvalue weighted by molar-refractivity contribution is 5.92. The maximum absolute atomic E-state index is 11.0. The predicted molar refractivity (Wildman–Crippen MR) is 76.2 cm³/mol. The minimum Gasteiger partial charge on any atom is -0.469 e. The van der Waals surface area contributed by atoms with Crippen LogP contribution in [0.2, 0.25) is 0 Å². The second-order valence-corrected chi connectivity index (χ2v) is 5.19. The van der Waals surface area contributed by atoms with Crippen molar-refractivity contribution in [3.05, 3.63) is 59.0 Å². The van der Waals surface area contributed by atoms with Gasteiger partial charge in [-0.1, -0.05) is 12.1 Å². The number of fused-ring (bicyclic) bond motifs is 1. The summed E-state index contributed by atoms with van der Waals surface area (Å²) >= 11 is 0. The number of hydrogen-bond acceptors (Lipinski definition) is 3. The summed E-state index contributed by atoms with van der Waals surface area (Å²) < 4.78 is 5.49. The number of aryl methyl sites for hydroxylation is 1. The van der Waals surface area contributed by atoms with Gasteiger partial charge in [-0.15, -0.1) is 0 Å². The molecule has 4 nitrogen and oxygen atoms in total. The van der Waals surface area contributed by atoms with E-state index in [1.807, 2.05) is 12.1 Å². The van der Waals surface area contributed by atoms with Crippen molar-refractivity contribution < 1.29 is 9.21 Å². The molecule has 20 heavy (non-hydrogen) atoms. The Morgan fingerprint density at radius 2 is 2.10 bits per heavy atom. The molecule has 1 aromatic heterocycles. The third kappa shape index (κ3) is 2.60. The van der Waals surface area contributed by atoms with Crippen molar-refractivity contribution in [2.45, 2.75) is 31.8 Å². The number of carbonyl (C=O) groups is 1. The van der Waals surface area contributed by atoms with Gasteiger partial charge in [0.05, 0.1) is 6.26 Å². The van der Waals surface area contributed by atoms with Gasteiger partial charge in [0.15, 0.2) is 0 Å². The van der Waals surface area contributed by atoms with Crippen LogP contribution in [0.5, 0.6) is 0 Å². The molecule has 1 heterocycles. The Hall–Kier alpha value is -2.07. The first-order valence-electron chi connectivity index (χ1n) is 6.92. The zero-order chi connectivity index (χ0) is 13.9. The summed E-state index contributed by atoms with van der Waals surface area (Å²) in [4.78, 5) is 11.0. The smallest absolute Gasteiger partial charge is 0.248 e. The van der Waals surface area contributed by atoms with Crippen molar-refractivity contribution in [3.8, 4) is 0 Å². The van der Waals surface area contributed by atoms with Crippen LogP contribution < -0.4 is 11.1 Å². The number of benzene rings is 1. The molecule has 0 aliphatic heterocycles.